The summed E-state index contributed by atoms with van der Waals surface area (Å²) < 4.78 is 17.5. The lowest BCUT2D eigenvalue weighted by Gasteiger charge is -2.40. The molecule has 30 heavy (non-hydrogen) atoms. The van der Waals surface area contributed by atoms with Gasteiger partial charge in [-0.05, 0) is 35.8 Å². The number of nitrogens with zero attached hydrogens (tertiary/aromatic N) is 1. The zero-order valence-corrected chi connectivity index (χ0v) is 21.0. The molecule has 0 spiro atoms. The molecule has 0 aromatic heterocycles. The summed E-state index contributed by atoms with van der Waals surface area (Å²) in [5, 5.41) is 1.29. The number of rotatable bonds is 11. The van der Waals surface area contributed by atoms with Gasteiger partial charge in [0.2, 0.25) is 0 Å². The minimum absolute atomic E-state index is 0.0415. The summed E-state index contributed by atoms with van der Waals surface area (Å²) in [6.45, 7) is 13.7. The molecule has 0 aliphatic rings. The molecule has 0 aliphatic carbocycles. The van der Waals surface area contributed by atoms with E-state index in [0.717, 1.165) is 11.3 Å². The van der Waals surface area contributed by atoms with Gasteiger partial charge in [-0.2, -0.15) is 0 Å². The Bertz CT molecular complexity index is 682. The Hall–Kier alpha value is -1.67. The van der Waals surface area contributed by atoms with Gasteiger partial charge in [0.25, 0.3) is 5.91 Å². The predicted octanol–water partition coefficient (Wildman–Crippen LogP) is 4.81. The number of amides is 1. The second kappa shape index (κ2) is 11.6. The largest absolute Gasteiger partial charge is 0.497 e. The fourth-order valence-corrected chi connectivity index (χ4v) is 3.82. The number of benzene rings is 1. The first-order chi connectivity index (χ1) is 13.9. The van der Waals surface area contributed by atoms with Crippen LogP contribution in [0, 0.1) is 5.92 Å². The Morgan fingerprint density at radius 2 is 1.77 bits per heavy atom. The maximum atomic E-state index is 12.6. The SMILES string of the molecule is COc1ccc(COC/C=C/[C@@H](O[Si](C)(C)C(C)(C)C)[C@H](C)C(=O)N(C)OC)cc1. The van der Waals surface area contributed by atoms with Crippen LogP contribution in [0.1, 0.15) is 33.3 Å². The molecule has 7 heteroatoms. The molecule has 0 heterocycles. The number of hydrogen-bond acceptors (Lipinski definition) is 5. The summed E-state index contributed by atoms with van der Waals surface area (Å²) in [5.41, 5.74) is 1.07. The normalized spacial score (nSPS) is 14.6. The molecule has 0 aliphatic heterocycles. The molecular formula is C23H39NO5Si. The quantitative estimate of drug-likeness (QED) is 0.215. The maximum Gasteiger partial charge on any atom is 0.251 e. The van der Waals surface area contributed by atoms with Gasteiger partial charge in [0, 0.05) is 7.05 Å². The molecule has 1 aromatic rings. The van der Waals surface area contributed by atoms with Crippen LogP contribution in [0.25, 0.3) is 0 Å². The van der Waals surface area contributed by atoms with Gasteiger partial charge in [0.15, 0.2) is 8.32 Å². The third kappa shape index (κ3) is 7.87. The number of methoxy groups -OCH3 is 1. The monoisotopic (exact) mass is 437 g/mol. The molecule has 0 saturated carbocycles. The van der Waals surface area contributed by atoms with Crippen molar-refractivity contribution in [2.75, 3.05) is 27.9 Å². The predicted molar refractivity (Wildman–Crippen MR) is 123 cm³/mol. The van der Waals surface area contributed by atoms with Gasteiger partial charge in [0.1, 0.15) is 5.75 Å². The molecule has 1 amide bonds. The van der Waals surface area contributed by atoms with Crippen LogP contribution in [0.4, 0.5) is 0 Å². The van der Waals surface area contributed by atoms with Crippen molar-refractivity contribution >= 4 is 14.2 Å². The number of carbonyl (C=O) groups excluding carboxylic acids is 1. The molecular weight excluding hydrogens is 398 g/mol. The topological polar surface area (TPSA) is 57.2 Å². The zero-order chi connectivity index (χ0) is 22.9. The molecule has 170 valence electrons. The summed E-state index contributed by atoms with van der Waals surface area (Å²) in [5.74, 6) is 0.330. The Morgan fingerprint density at radius 1 is 1.17 bits per heavy atom. The summed E-state index contributed by atoms with van der Waals surface area (Å²) in [6.07, 6.45) is 3.53. The summed E-state index contributed by atoms with van der Waals surface area (Å²) in [4.78, 5) is 17.7. The molecule has 0 bridgehead atoms. The van der Waals surface area contributed by atoms with Crippen molar-refractivity contribution < 1.29 is 23.5 Å². The number of hydrogen-bond donors (Lipinski definition) is 0. The molecule has 0 saturated heterocycles. The zero-order valence-electron chi connectivity index (χ0n) is 20.0. The first kappa shape index (κ1) is 26.4. The Labute approximate surface area is 183 Å². The average Bonchev–Trinajstić information content (AvgIpc) is 2.70. The molecule has 0 radical (unpaired) electrons. The molecule has 0 unspecified atom stereocenters. The highest BCUT2D eigenvalue weighted by atomic mass is 28.4. The smallest absolute Gasteiger partial charge is 0.251 e. The van der Waals surface area contributed by atoms with E-state index in [-0.39, 0.29) is 23.0 Å². The van der Waals surface area contributed by atoms with E-state index in [1.807, 2.05) is 43.3 Å². The van der Waals surface area contributed by atoms with Crippen LogP contribution in [0.2, 0.25) is 18.1 Å². The average molecular weight is 438 g/mol. The molecule has 2 atom stereocenters. The van der Waals surface area contributed by atoms with Crippen LogP contribution in [-0.4, -0.2) is 53.3 Å². The summed E-state index contributed by atoms with van der Waals surface area (Å²) in [7, 11) is 2.68. The van der Waals surface area contributed by atoms with E-state index in [4.69, 9.17) is 18.7 Å². The minimum atomic E-state index is -2.07. The van der Waals surface area contributed by atoms with Gasteiger partial charge in [-0.1, -0.05) is 52.0 Å². The highest BCUT2D eigenvalue weighted by Gasteiger charge is 2.41. The lowest BCUT2D eigenvalue weighted by molar-refractivity contribution is -0.175. The van der Waals surface area contributed by atoms with Crippen LogP contribution in [0.3, 0.4) is 0 Å². The fraction of sp³-hybridized carbons (Fsp3) is 0.609. The van der Waals surface area contributed by atoms with Gasteiger partial charge < -0.3 is 13.9 Å². The van der Waals surface area contributed by atoms with Crippen molar-refractivity contribution in [3.05, 3.63) is 42.0 Å². The molecule has 0 fully saturated rings. The fourth-order valence-electron chi connectivity index (χ4n) is 2.50. The van der Waals surface area contributed by atoms with Crippen LogP contribution in [0.5, 0.6) is 5.75 Å². The van der Waals surface area contributed by atoms with Crippen LogP contribution >= 0.6 is 0 Å². The summed E-state index contributed by atoms with van der Waals surface area (Å²) in [6, 6.07) is 7.79. The van der Waals surface area contributed by atoms with Gasteiger partial charge in [-0.25, -0.2) is 5.06 Å². The third-order valence-electron chi connectivity index (χ3n) is 5.67. The van der Waals surface area contributed by atoms with Gasteiger partial charge >= 0.3 is 0 Å². The highest BCUT2D eigenvalue weighted by molar-refractivity contribution is 6.74. The van der Waals surface area contributed by atoms with E-state index in [0.29, 0.717) is 13.2 Å². The standard InChI is InChI=1S/C23H39NO5Si/c1-18(22(25)24(5)27-7)21(29-30(8,9)23(2,3)4)11-10-16-28-17-19-12-14-20(26-6)15-13-19/h10-15,18,21H,16-17H2,1-9H3/b11-10+/t18-,21+/m0/s1. The van der Waals surface area contributed by atoms with E-state index >= 15 is 0 Å². The van der Waals surface area contributed by atoms with Crippen LogP contribution in [0.15, 0.2) is 36.4 Å². The first-order valence-corrected chi connectivity index (χ1v) is 13.2. The summed E-state index contributed by atoms with van der Waals surface area (Å²) >= 11 is 0. The van der Waals surface area contributed by atoms with Crippen molar-refractivity contribution in [3.63, 3.8) is 0 Å². The van der Waals surface area contributed by atoms with Crippen molar-refractivity contribution in [2.24, 2.45) is 5.92 Å². The Balaban J connectivity index is 2.79. The van der Waals surface area contributed by atoms with E-state index in [1.54, 1.807) is 14.2 Å². The van der Waals surface area contributed by atoms with Crippen molar-refractivity contribution in [1.82, 2.24) is 5.06 Å². The lowest BCUT2D eigenvalue weighted by atomic mass is 10.0. The number of ether oxygens (including phenoxy) is 2. The van der Waals surface area contributed by atoms with E-state index in [1.165, 1.54) is 12.2 Å². The van der Waals surface area contributed by atoms with Crippen LogP contribution in [-0.2, 0) is 25.4 Å². The second-order valence-electron chi connectivity index (χ2n) is 8.94. The maximum absolute atomic E-state index is 12.6. The van der Waals surface area contributed by atoms with Gasteiger partial charge in [0.05, 0.1) is 39.5 Å². The van der Waals surface area contributed by atoms with E-state index in [2.05, 4.69) is 33.9 Å². The minimum Gasteiger partial charge on any atom is -0.497 e. The number of hydroxylamine groups is 2. The molecule has 6 nitrogen and oxygen atoms in total. The third-order valence-corrected chi connectivity index (χ3v) is 10.1. The first-order valence-electron chi connectivity index (χ1n) is 10.3. The molecule has 1 rings (SSSR count). The Kier molecular flexibility index (Phi) is 10.2. The second-order valence-corrected chi connectivity index (χ2v) is 13.7. The lowest BCUT2D eigenvalue weighted by Crippen LogP contribution is -2.47. The van der Waals surface area contributed by atoms with E-state index < -0.39 is 8.32 Å². The highest BCUT2D eigenvalue weighted by Crippen LogP contribution is 2.38. The van der Waals surface area contributed by atoms with Crippen molar-refractivity contribution in [2.45, 2.75) is 58.5 Å². The molecule has 0 N–H and O–H groups in total. The molecule has 1 aromatic carbocycles. The number of carbonyl (C=O) groups is 1. The van der Waals surface area contributed by atoms with Gasteiger partial charge in [-0.3, -0.25) is 9.63 Å². The van der Waals surface area contributed by atoms with Gasteiger partial charge in [-0.15, -0.1) is 0 Å². The van der Waals surface area contributed by atoms with E-state index in [9.17, 15) is 4.79 Å². The van der Waals surface area contributed by atoms with Crippen molar-refractivity contribution in [1.29, 1.82) is 0 Å². The Morgan fingerprint density at radius 3 is 2.27 bits per heavy atom. The van der Waals surface area contributed by atoms with Crippen LogP contribution < -0.4 is 4.74 Å². The van der Waals surface area contributed by atoms with Crippen molar-refractivity contribution in [3.8, 4) is 5.75 Å².